The first-order chi connectivity index (χ1) is 23.7. The maximum atomic E-state index is 5.28. The number of hydrogen-bond donors (Lipinski definition) is 1. The highest BCUT2D eigenvalue weighted by Gasteiger charge is 2.31. The van der Waals surface area contributed by atoms with Crippen LogP contribution in [0.3, 0.4) is 0 Å². The molecule has 0 saturated carbocycles. The normalized spacial score (nSPS) is 13.9. The zero-order valence-electron chi connectivity index (χ0n) is 27.2. The molecule has 1 aliphatic rings. The van der Waals surface area contributed by atoms with E-state index in [0.29, 0.717) is 0 Å². The summed E-state index contributed by atoms with van der Waals surface area (Å²) in [5, 5.41) is 8.99. The predicted octanol–water partition coefficient (Wildman–Crippen LogP) is 11.0. The van der Waals surface area contributed by atoms with E-state index in [2.05, 4.69) is 175 Å². The Morgan fingerprint density at radius 1 is 0.583 bits per heavy atom. The maximum Gasteiger partial charge on any atom is 0.161 e. The lowest BCUT2D eigenvalue weighted by molar-refractivity contribution is 0.462. The van der Waals surface area contributed by atoms with Gasteiger partial charge in [-0.3, -0.25) is 10.3 Å². The van der Waals surface area contributed by atoms with Crippen molar-refractivity contribution >= 4 is 33.8 Å². The second kappa shape index (κ2) is 12.9. The third kappa shape index (κ3) is 5.45. The number of rotatable bonds is 8. The van der Waals surface area contributed by atoms with E-state index in [1.165, 1.54) is 60.5 Å². The lowest BCUT2D eigenvalue weighted by atomic mass is 9.86. The largest absolute Gasteiger partial charge is 0.289 e. The van der Waals surface area contributed by atoms with Gasteiger partial charge >= 0.3 is 0 Å². The number of hydrogen-bond acceptors (Lipinski definition) is 2. The minimum Gasteiger partial charge on any atom is -0.289 e. The first-order valence-electron chi connectivity index (χ1n) is 16.9. The summed E-state index contributed by atoms with van der Waals surface area (Å²) in [4.78, 5) is 5.28. The zero-order valence-corrected chi connectivity index (χ0v) is 27.2. The standard InChI is InChI=1S/C46H38N2/c1-47-46(38-16-6-3-7-17-38,39-18-12-15-36(31-39)34-13-4-2-5-14-34)48-30-29-33-23-25-35(26-24-33)37-27-28-44-42-21-9-8-19-40(42)41-20-10-11-22-43(41)45(44)32-37/h2-7,9-18,20-28,30-32,47H,8,19,29H2,1H3/b48-30-. The highest BCUT2D eigenvalue weighted by Crippen LogP contribution is 2.38. The lowest BCUT2D eigenvalue weighted by Crippen LogP contribution is -2.39. The Morgan fingerprint density at radius 3 is 2.02 bits per heavy atom. The van der Waals surface area contributed by atoms with Crippen molar-refractivity contribution in [2.24, 2.45) is 4.99 Å². The van der Waals surface area contributed by atoms with Crippen LogP contribution in [0.4, 0.5) is 0 Å². The van der Waals surface area contributed by atoms with Crippen molar-refractivity contribution in [3.05, 3.63) is 186 Å². The van der Waals surface area contributed by atoms with Crippen LogP contribution in [0, 0.1) is 0 Å². The monoisotopic (exact) mass is 618 g/mol. The van der Waals surface area contributed by atoms with Crippen LogP contribution >= 0.6 is 0 Å². The smallest absolute Gasteiger partial charge is 0.161 e. The summed E-state index contributed by atoms with van der Waals surface area (Å²) in [5.74, 6) is 0. The molecule has 2 heteroatoms. The summed E-state index contributed by atoms with van der Waals surface area (Å²) < 4.78 is 0. The second-order valence-electron chi connectivity index (χ2n) is 12.6. The third-order valence-corrected chi connectivity index (χ3v) is 9.86. The molecule has 7 aromatic carbocycles. The molecule has 0 amide bonds. The number of benzene rings is 7. The second-order valence-corrected chi connectivity index (χ2v) is 12.6. The van der Waals surface area contributed by atoms with Gasteiger partial charge in [0.2, 0.25) is 0 Å². The minimum absolute atomic E-state index is 0.714. The molecule has 2 nitrogen and oxygen atoms in total. The van der Waals surface area contributed by atoms with Gasteiger partial charge in [0.05, 0.1) is 0 Å². The Balaban J connectivity index is 1.10. The summed E-state index contributed by atoms with van der Waals surface area (Å²) in [5.41, 5.74) is 10.4. The Morgan fingerprint density at radius 2 is 1.23 bits per heavy atom. The third-order valence-electron chi connectivity index (χ3n) is 9.86. The predicted molar refractivity (Wildman–Crippen MR) is 205 cm³/mol. The van der Waals surface area contributed by atoms with Crippen molar-refractivity contribution in [2.45, 2.75) is 24.9 Å². The maximum absolute atomic E-state index is 5.28. The SMILES string of the molecule is CNC(/N=C\Cc1ccc(-c2ccc3c4c(c5ccccc5c3c2)CCC=C4)cc1)(c1ccccc1)c1cccc(-c2ccccc2)c1. The van der Waals surface area contributed by atoms with E-state index in [1.807, 2.05) is 7.05 Å². The van der Waals surface area contributed by atoms with Crippen molar-refractivity contribution in [3.8, 4) is 22.3 Å². The number of fused-ring (bicyclic) bond motifs is 6. The Bertz CT molecular complexity index is 2280. The molecule has 232 valence electrons. The average molecular weight is 619 g/mol. The molecule has 8 rings (SSSR count). The zero-order chi connectivity index (χ0) is 32.3. The van der Waals surface area contributed by atoms with Crippen LogP contribution in [0.2, 0.25) is 0 Å². The van der Waals surface area contributed by atoms with Crippen molar-refractivity contribution in [2.75, 3.05) is 7.05 Å². The Labute approximate surface area is 283 Å². The van der Waals surface area contributed by atoms with Gasteiger partial charge in [-0.2, -0.15) is 0 Å². The molecular formula is C46H38N2. The first-order valence-corrected chi connectivity index (χ1v) is 16.9. The number of nitrogens with one attached hydrogen (secondary N) is 1. The van der Waals surface area contributed by atoms with Crippen molar-refractivity contribution in [1.29, 1.82) is 0 Å². The molecule has 0 aliphatic heterocycles. The van der Waals surface area contributed by atoms with Gasteiger partial charge in [-0.15, -0.1) is 0 Å². The van der Waals surface area contributed by atoms with Crippen molar-refractivity contribution in [1.82, 2.24) is 5.32 Å². The highest BCUT2D eigenvalue weighted by atomic mass is 15.1. The molecule has 1 aliphatic carbocycles. The molecule has 48 heavy (non-hydrogen) atoms. The molecule has 0 aromatic heterocycles. The average Bonchev–Trinajstić information content (AvgIpc) is 3.17. The Hall–Kier alpha value is -5.57. The van der Waals surface area contributed by atoms with Crippen LogP contribution in [0.5, 0.6) is 0 Å². The summed E-state index contributed by atoms with van der Waals surface area (Å²) in [6.45, 7) is 0. The summed E-state index contributed by atoms with van der Waals surface area (Å²) in [7, 11) is 1.99. The first kappa shape index (κ1) is 29.8. The van der Waals surface area contributed by atoms with E-state index >= 15 is 0 Å². The molecule has 0 radical (unpaired) electrons. The fraction of sp³-hybridized carbons (Fsp3) is 0.109. The van der Waals surface area contributed by atoms with Crippen LogP contribution < -0.4 is 5.32 Å². The fourth-order valence-electron chi connectivity index (χ4n) is 7.38. The van der Waals surface area contributed by atoms with Crippen molar-refractivity contribution < 1.29 is 0 Å². The van der Waals surface area contributed by atoms with Gasteiger partial charge in [-0.05, 0) is 104 Å². The van der Waals surface area contributed by atoms with E-state index in [4.69, 9.17) is 4.99 Å². The fourth-order valence-corrected chi connectivity index (χ4v) is 7.38. The lowest BCUT2D eigenvalue weighted by Gasteiger charge is -2.31. The molecule has 0 heterocycles. The summed E-state index contributed by atoms with van der Waals surface area (Å²) >= 11 is 0. The van der Waals surface area contributed by atoms with Crippen molar-refractivity contribution in [3.63, 3.8) is 0 Å². The van der Waals surface area contributed by atoms with E-state index in [1.54, 1.807) is 0 Å². The Kier molecular flexibility index (Phi) is 8.02. The van der Waals surface area contributed by atoms with E-state index < -0.39 is 5.66 Å². The number of aliphatic imine (C=N–C) groups is 1. The quantitative estimate of drug-likeness (QED) is 0.133. The van der Waals surface area contributed by atoms with Gasteiger partial charge < -0.3 is 0 Å². The number of nitrogens with zero attached hydrogens (tertiary/aromatic N) is 1. The van der Waals surface area contributed by atoms with Gasteiger partial charge in [-0.1, -0.05) is 152 Å². The minimum atomic E-state index is -0.714. The molecule has 1 unspecified atom stereocenters. The number of aryl methyl sites for hydroxylation is 1. The molecule has 1 atom stereocenters. The van der Waals surface area contributed by atoms with E-state index in [-0.39, 0.29) is 0 Å². The van der Waals surface area contributed by atoms with Crippen LogP contribution in [0.1, 0.15) is 34.2 Å². The van der Waals surface area contributed by atoms with Crippen LogP contribution in [0.15, 0.2) is 163 Å². The molecule has 7 aromatic rings. The van der Waals surface area contributed by atoms with Gasteiger partial charge in [0.15, 0.2) is 5.66 Å². The highest BCUT2D eigenvalue weighted by molar-refractivity contribution is 6.14. The van der Waals surface area contributed by atoms with E-state index in [0.717, 1.165) is 30.4 Å². The van der Waals surface area contributed by atoms with E-state index in [9.17, 15) is 0 Å². The van der Waals surface area contributed by atoms with Crippen LogP contribution in [-0.4, -0.2) is 13.3 Å². The van der Waals surface area contributed by atoms with Crippen LogP contribution in [0.25, 0.3) is 49.9 Å². The van der Waals surface area contributed by atoms with Gasteiger partial charge in [0.1, 0.15) is 0 Å². The van der Waals surface area contributed by atoms with Gasteiger partial charge in [-0.25, -0.2) is 0 Å². The topological polar surface area (TPSA) is 24.4 Å². The molecule has 0 bridgehead atoms. The summed E-state index contributed by atoms with van der Waals surface area (Å²) in [6.07, 6.45) is 9.65. The van der Waals surface area contributed by atoms with Gasteiger partial charge in [0.25, 0.3) is 0 Å². The van der Waals surface area contributed by atoms with Crippen LogP contribution in [-0.2, 0) is 18.5 Å². The molecule has 1 N–H and O–H groups in total. The van der Waals surface area contributed by atoms with Gasteiger partial charge in [0, 0.05) is 12.6 Å². The molecule has 0 fully saturated rings. The molecule has 0 spiro atoms. The molecular weight excluding hydrogens is 581 g/mol. The summed E-state index contributed by atoms with van der Waals surface area (Å²) in [6, 6.07) is 54.6. The molecule has 0 saturated heterocycles. The number of allylic oxidation sites excluding steroid dienone is 1.